The van der Waals surface area contributed by atoms with Crippen LogP contribution in [0.4, 0.5) is 16.2 Å². The highest BCUT2D eigenvalue weighted by atomic mass is 16.2. The Hall–Kier alpha value is -3.93. The van der Waals surface area contributed by atoms with Gasteiger partial charge in [0.15, 0.2) is 0 Å². The first-order valence-corrected chi connectivity index (χ1v) is 10.2. The van der Waals surface area contributed by atoms with Crippen LogP contribution in [0.1, 0.15) is 23.6 Å². The van der Waals surface area contributed by atoms with E-state index in [4.69, 9.17) is 0 Å². The predicted octanol–water partition coefficient (Wildman–Crippen LogP) is 4.21. The summed E-state index contributed by atoms with van der Waals surface area (Å²) in [6.07, 6.45) is -0.130. The van der Waals surface area contributed by atoms with Crippen molar-refractivity contribution in [3.8, 4) is 0 Å². The molecule has 6 heteroatoms. The van der Waals surface area contributed by atoms with E-state index in [0.29, 0.717) is 11.4 Å². The minimum Gasteiger partial charge on any atom is -0.311 e. The number of anilines is 2. The van der Waals surface area contributed by atoms with Crippen LogP contribution in [0.15, 0.2) is 83.9 Å². The van der Waals surface area contributed by atoms with Gasteiger partial charge in [0.2, 0.25) is 6.17 Å². The molecular weight excluding hydrogens is 388 g/mol. The Kier molecular flexibility index (Phi) is 5.80. The van der Waals surface area contributed by atoms with Crippen molar-refractivity contribution in [3.63, 3.8) is 0 Å². The van der Waals surface area contributed by atoms with E-state index < -0.39 is 12.2 Å². The normalized spacial score (nSPS) is 15.5. The largest absolute Gasteiger partial charge is 0.321 e. The van der Waals surface area contributed by atoms with E-state index in [1.807, 2.05) is 78.9 Å². The number of benzene rings is 3. The molecule has 156 valence electrons. The summed E-state index contributed by atoms with van der Waals surface area (Å²) in [5, 5.41) is 5.50. The van der Waals surface area contributed by atoms with Crippen molar-refractivity contribution in [2.24, 2.45) is 4.99 Å². The summed E-state index contributed by atoms with van der Waals surface area (Å²) in [6.45, 7) is 2.07. The number of amides is 3. The highest BCUT2D eigenvalue weighted by Gasteiger charge is 2.30. The zero-order chi connectivity index (χ0) is 21.8. The molecule has 0 aromatic heterocycles. The van der Waals surface area contributed by atoms with E-state index >= 15 is 0 Å². The van der Waals surface area contributed by atoms with Crippen molar-refractivity contribution in [1.82, 2.24) is 5.32 Å². The molecule has 0 saturated carbocycles. The number of hydrogen-bond acceptors (Lipinski definition) is 3. The standard InChI is InChI=1S/C25H24N4O2/c1-3-17-13-15-19(16-14-17)26-25(31)28-23-24(30)29(2)21-12-8-7-11-20(21)22(27-23)18-9-5-4-6-10-18/h4-16,23H,3H2,1-2H3,(H2,26,28,31). The fraction of sp³-hybridized carbons (Fsp3) is 0.160. The Balaban J connectivity index is 1.65. The van der Waals surface area contributed by atoms with Gasteiger partial charge in [-0.1, -0.05) is 67.6 Å². The summed E-state index contributed by atoms with van der Waals surface area (Å²) in [5.41, 5.74) is 4.95. The van der Waals surface area contributed by atoms with Gasteiger partial charge in [-0.15, -0.1) is 0 Å². The summed E-state index contributed by atoms with van der Waals surface area (Å²) in [6, 6.07) is 24.4. The van der Waals surface area contributed by atoms with Crippen LogP contribution in [0.2, 0.25) is 0 Å². The second-order valence-corrected chi connectivity index (χ2v) is 7.31. The highest BCUT2D eigenvalue weighted by Crippen LogP contribution is 2.27. The van der Waals surface area contributed by atoms with Crippen LogP contribution in [0.5, 0.6) is 0 Å². The lowest BCUT2D eigenvalue weighted by Gasteiger charge is -2.21. The number of para-hydroxylation sites is 1. The molecule has 3 aromatic rings. The lowest BCUT2D eigenvalue weighted by Crippen LogP contribution is -2.47. The number of carbonyl (C=O) groups is 2. The molecule has 0 fully saturated rings. The molecule has 31 heavy (non-hydrogen) atoms. The molecular formula is C25H24N4O2. The summed E-state index contributed by atoms with van der Waals surface area (Å²) in [4.78, 5) is 32.0. The number of urea groups is 1. The van der Waals surface area contributed by atoms with Crippen LogP contribution in [0, 0.1) is 0 Å². The lowest BCUT2D eigenvalue weighted by molar-refractivity contribution is -0.119. The smallest absolute Gasteiger partial charge is 0.311 e. The van der Waals surface area contributed by atoms with E-state index in [9.17, 15) is 9.59 Å². The summed E-state index contributed by atoms with van der Waals surface area (Å²) < 4.78 is 0. The van der Waals surface area contributed by atoms with E-state index in [2.05, 4.69) is 22.5 Å². The average Bonchev–Trinajstić information content (AvgIpc) is 2.91. The van der Waals surface area contributed by atoms with E-state index in [1.165, 1.54) is 10.5 Å². The van der Waals surface area contributed by atoms with Crippen molar-refractivity contribution in [1.29, 1.82) is 0 Å². The zero-order valence-electron chi connectivity index (χ0n) is 17.5. The van der Waals surface area contributed by atoms with Crippen molar-refractivity contribution in [2.75, 3.05) is 17.3 Å². The second kappa shape index (κ2) is 8.83. The number of nitrogens with zero attached hydrogens (tertiary/aromatic N) is 2. The van der Waals surface area contributed by atoms with Crippen LogP contribution >= 0.6 is 0 Å². The first-order chi connectivity index (χ1) is 15.1. The lowest BCUT2D eigenvalue weighted by atomic mass is 10.0. The molecule has 2 N–H and O–H groups in total. The number of carbonyl (C=O) groups excluding carboxylic acids is 2. The number of benzodiazepines with no additional fused rings is 1. The number of aryl methyl sites for hydroxylation is 1. The molecule has 4 rings (SSSR count). The zero-order valence-corrected chi connectivity index (χ0v) is 17.5. The summed E-state index contributed by atoms with van der Waals surface area (Å²) >= 11 is 0. The van der Waals surface area contributed by atoms with Crippen molar-refractivity contribution in [2.45, 2.75) is 19.5 Å². The van der Waals surface area contributed by atoms with Gasteiger partial charge in [0, 0.05) is 23.9 Å². The molecule has 3 amide bonds. The first-order valence-electron chi connectivity index (χ1n) is 10.2. The van der Waals surface area contributed by atoms with Crippen LogP contribution in [0.3, 0.4) is 0 Å². The molecule has 0 aliphatic carbocycles. The maximum atomic E-state index is 13.1. The van der Waals surface area contributed by atoms with Gasteiger partial charge in [0.05, 0.1) is 11.4 Å². The number of rotatable bonds is 4. The first kappa shape index (κ1) is 20.3. The van der Waals surface area contributed by atoms with Gasteiger partial charge in [0.25, 0.3) is 5.91 Å². The Morgan fingerprint density at radius 3 is 2.35 bits per heavy atom. The number of fused-ring (bicyclic) bond motifs is 1. The number of nitrogens with one attached hydrogen (secondary N) is 2. The van der Waals surface area contributed by atoms with Gasteiger partial charge in [-0.05, 0) is 30.2 Å². The molecule has 6 nitrogen and oxygen atoms in total. The summed E-state index contributed by atoms with van der Waals surface area (Å²) in [7, 11) is 1.70. The van der Waals surface area contributed by atoms with Gasteiger partial charge in [-0.3, -0.25) is 4.79 Å². The quantitative estimate of drug-likeness (QED) is 0.674. The Morgan fingerprint density at radius 2 is 1.65 bits per heavy atom. The topological polar surface area (TPSA) is 73.8 Å². The van der Waals surface area contributed by atoms with Crippen LogP contribution in [-0.4, -0.2) is 30.9 Å². The van der Waals surface area contributed by atoms with Crippen LogP contribution in [0.25, 0.3) is 0 Å². The third kappa shape index (κ3) is 4.33. The minimum atomic E-state index is -1.05. The monoisotopic (exact) mass is 412 g/mol. The third-order valence-corrected chi connectivity index (χ3v) is 5.28. The van der Waals surface area contributed by atoms with Crippen molar-refractivity contribution in [3.05, 3.63) is 95.6 Å². The van der Waals surface area contributed by atoms with Gasteiger partial charge in [-0.25, -0.2) is 9.79 Å². The maximum Gasteiger partial charge on any atom is 0.321 e. The number of aliphatic imine (C=N–C) groups is 1. The second-order valence-electron chi connectivity index (χ2n) is 7.31. The Bertz CT molecular complexity index is 1120. The molecule has 1 heterocycles. The third-order valence-electron chi connectivity index (χ3n) is 5.28. The summed E-state index contributed by atoms with van der Waals surface area (Å²) in [5.74, 6) is -0.310. The van der Waals surface area contributed by atoms with Gasteiger partial charge in [-0.2, -0.15) is 0 Å². The molecule has 1 aliphatic rings. The van der Waals surface area contributed by atoms with Gasteiger partial charge >= 0.3 is 6.03 Å². The molecule has 0 radical (unpaired) electrons. The average molecular weight is 412 g/mol. The van der Waals surface area contributed by atoms with Crippen molar-refractivity contribution >= 4 is 29.0 Å². The molecule has 1 aliphatic heterocycles. The predicted molar refractivity (Wildman–Crippen MR) is 124 cm³/mol. The maximum absolute atomic E-state index is 13.1. The number of likely N-dealkylation sites (N-methyl/N-ethyl adjacent to an activating group) is 1. The minimum absolute atomic E-state index is 0.310. The van der Waals surface area contributed by atoms with Crippen LogP contribution < -0.4 is 15.5 Å². The SMILES string of the molecule is CCc1ccc(NC(=O)NC2N=C(c3ccccc3)c3ccccc3N(C)C2=O)cc1. The molecule has 0 saturated heterocycles. The number of hydrogen-bond donors (Lipinski definition) is 2. The van der Waals surface area contributed by atoms with E-state index in [1.54, 1.807) is 7.05 Å². The molecule has 3 aromatic carbocycles. The van der Waals surface area contributed by atoms with Crippen LogP contribution in [-0.2, 0) is 11.2 Å². The fourth-order valence-corrected chi connectivity index (χ4v) is 3.56. The molecule has 1 unspecified atom stereocenters. The molecule has 0 spiro atoms. The Labute approximate surface area is 181 Å². The van der Waals surface area contributed by atoms with E-state index in [0.717, 1.165) is 23.2 Å². The van der Waals surface area contributed by atoms with Crippen molar-refractivity contribution < 1.29 is 9.59 Å². The Morgan fingerprint density at radius 1 is 0.968 bits per heavy atom. The molecule has 0 bridgehead atoms. The van der Waals surface area contributed by atoms with Gasteiger partial charge < -0.3 is 15.5 Å². The van der Waals surface area contributed by atoms with Gasteiger partial charge in [0.1, 0.15) is 0 Å². The highest BCUT2D eigenvalue weighted by molar-refractivity contribution is 6.20. The van der Waals surface area contributed by atoms with E-state index in [-0.39, 0.29) is 5.91 Å². The molecule has 1 atom stereocenters. The fourth-order valence-electron chi connectivity index (χ4n) is 3.56.